The second-order valence-electron chi connectivity index (χ2n) is 7.26. The van der Waals surface area contributed by atoms with Gasteiger partial charge in [0.15, 0.2) is 0 Å². The largest absolute Gasteiger partial charge is 0.497 e. The molecule has 162 valence electrons. The fourth-order valence-electron chi connectivity index (χ4n) is 2.91. The molecule has 0 radical (unpaired) electrons. The Hall–Kier alpha value is -3.72. The van der Waals surface area contributed by atoms with Crippen LogP contribution in [0, 0.1) is 0 Å². The van der Waals surface area contributed by atoms with Crippen molar-refractivity contribution in [2.75, 3.05) is 39.6 Å². The fraction of sp³-hybridized carbons (Fsp3) is 0.273. The number of nitrogens with one attached hydrogen (secondary N) is 2. The zero-order valence-electron chi connectivity index (χ0n) is 17.7. The second-order valence-corrected chi connectivity index (χ2v) is 7.26. The number of carbonyl (C=O) groups excluding carboxylic acids is 2. The van der Waals surface area contributed by atoms with Crippen LogP contribution in [0.5, 0.6) is 5.75 Å². The first-order chi connectivity index (χ1) is 14.9. The van der Waals surface area contributed by atoms with E-state index in [-0.39, 0.29) is 23.9 Å². The highest BCUT2D eigenvalue weighted by molar-refractivity contribution is 5.94. The van der Waals surface area contributed by atoms with E-state index in [9.17, 15) is 14.4 Å². The molecule has 0 saturated carbocycles. The molecule has 0 fully saturated rings. The fourth-order valence-corrected chi connectivity index (χ4v) is 2.91. The Bertz CT molecular complexity index is 1140. The molecule has 0 atom stereocenters. The quantitative estimate of drug-likeness (QED) is 0.564. The number of amides is 2. The molecule has 9 nitrogen and oxygen atoms in total. The number of rotatable bonds is 8. The van der Waals surface area contributed by atoms with E-state index in [1.165, 1.54) is 16.8 Å². The standard InChI is InChI=1S/C22H25N5O4/c1-26(2)11-10-23-21(29)16-6-9-19-24-13-18(22(30)27(19)14-16)25-20(28)12-15-4-7-17(31-3)8-5-15/h4-9,13-14H,10-12H2,1-3H3,(H,23,29)(H,25,28). The molecule has 0 bridgehead atoms. The van der Waals surface area contributed by atoms with Crippen molar-refractivity contribution in [1.29, 1.82) is 0 Å². The van der Waals surface area contributed by atoms with E-state index in [0.29, 0.717) is 30.0 Å². The molecule has 0 saturated heterocycles. The average molecular weight is 423 g/mol. The van der Waals surface area contributed by atoms with Gasteiger partial charge in [-0.25, -0.2) is 4.98 Å². The first-order valence-corrected chi connectivity index (χ1v) is 9.74. The summed E-state index contributed by atoms with van der Waals surface area (Å²) in [4.78, 5) is 43.7. The average Bonchev–Trinajstić information content (AvgIpc) is 2.75. The third-order valence-electron chi connectivity index (χ3n) is 4.61. The number of ether oxygens (including phenoxy) is 1. The molecule has 9 heteroatoms. The number of pyridine rings is 1. The van der Waals surface area contributed by atoms with Gasteiger partial charge in [-0.15, -0.1) is 0 Å². The number of fused-ring (bicyclic) bond motifs is 1. The molecule has 0 unspecified atom stereocenters. The van der Waals surface area contributed by atoms with E-state index in [4.69, 9.17) is 4.74 Å². The number of anilines is 1. The van der Waals surface area contributed by atoms with Gasteiger partial charge in [0.1, 0.15) is 17.1 Å². The van der Waals surface area contributed by atoms with E-state index in [0.717, 1.165) is 5.56 Å². The summed E-state index contributed by atoms with van der Waals surface area (Å²) in [7, 11) is 5.40. The smallest absolute Gasteiger partial charge is 0.281 e. The van der Waals surface area contributed by atoms with Gasteiger partial charge >= 0.3 is 0 Å². The summed E-state index contributed by atoms with van der Waals surface area (Å²) in [6.07, 6.45) is 2.84. The SMILES string of the molecule is COc1ccc(CC(=O)Nc2cnc3ccc(C(=O)NCCN(C)C)cn3c2=O)cc1. The number of nitrogens with zero attached hydrogens (tertiary/aromatic N) is 3. The Morgan fingerprint density at radius 3 is 2.55 bits per heavy atom. The van der Waals surface area contributed by atoms with Gasteiger partial charge in [-0.05, 0) is 43.9 Å². The van der Waals surface area contributed by atoms with Gasteiger partial charge in [0.05, 0.1) is 25.3 Å². The summed E-state index contributed by atoms with van der Waals surface area (Å²) in [5.41, 5.74) is 1.07. The number of benzene rings is 1. The molecule has 31 heavy (non-hydrogen) atoms. The number of hydrogen-bond donors (Lipinski definition) is 2. The predicted molar refractivity (Wildman–Crippen MR) is 118 cm³/mol. The van der Waals surface area contributed by atoms with Crippen LogP contribution in [0.25, 0.3) is 5.65 Å². The first kappa shape index (κ1) is 22.0. The third-order valence-corrected chi connectivity index (χ3v) is 4.61. The van der Waals surface area contributed by atoms with Crippen molar-refractivity contribution in [1.82, 2.24) is 19.6 Å². The number of aromatic nitrogens is 2. The zero-order chi connectivity index (χ0) is 22.4. The lowest BCUT2D eigenvalue weighted by Gasteiger charge is -2.11. The molecular weight excluding hydrogens is 398 g/mol. The molecule has 0 aliphatic carbocycles. The maximum Gasteiger partial charge on any atom is 0.281 e. The van der Waals surface area contributed by atoms with Crippen LogP contribution in [-0.2, 0) is 11.2 Å². The maximum absolute atomic E-state index is 12.8. The molecule has 0 aliphatic heterocycles. The number of hydrogen-bond acceptors (Lipinski definition) is 6. The summed E-state index contributed by atoms with van der Waals surface area (Å²) in [6.45, 7) is 1.18. The maximum atomic E-state index is 12.8. The zero-order valence-corrected chi connectivity index (χ0v) is 17.7. The first-order valence-electron chi connectivity index (χ1n) is 9.74. The van der Waals surface area contributed by atoms with Crippen LogP contribution in [0.4, 0.5) is 5.69 Å². The van der Waals surface area contributed by atoms with Crippen molar-refractivity contribution in [2.24, 2.45) is 0 Å². The van der Waals surface area contributed by atoms with Crippen LogP contribution < -0.4 is 20.9 Å². The third kappa shape index (κ3) is 5.67. The summed E-state index contributed by atoms with van der Waals surface area (Å²) in [5.74, 6) is 0.0638. The summed E-state index contributed by atoms with van der Waals surface area (Å²) in [6, 6.07) is 10.3. The molecule has 2 aromatic heterocycles. The van der Waals surface area contributed by atoms with Crippen molar-refractivity contribution in [2.45, 2.75) is 6.42 Å². The lowest BCUT2D eigenvalue weighted by atomic mass is 10.1. The van der Waals surface area contributed by atoms with Crippen LogP contribution >= 0.6 is 0 Å². The highest BCUT2D eigenvalue weighted by Crippen LogP contribution is 2.12. The molecule has 2 heterocycles. The van der Waals surface area contributed by atoms with E-state index >= 15 is 0 Å². The van der Waals surface area contributed by atoms with Gasteiger partial charge in [-0.2, -0.15) is 0 Å². The van der Waals surface area contributed by atoms with Gasteiger partial charge in [-0.1, -0.05) is 12.1 Å². The van der Waals surface area contributed by atoms with Crippen LogP contribution in [0.3, 0.4) is 0 Å². The van der Waals surface area contributed by atoms with Crippen LogP contribution in [-0.4, -0.2) is 60.4 Å². The predicted octanol–water partition coefficient (Wildman–Crippen LogP) is 1.18. The summed E-state index contributed by atoms with van der Waals surface area (Å²) in [5, 5.41) is 5.40. The molecule has 0 spiro atoms. The summed E-state index contributed by atoms with van der Waals surface area (Å²) >= 11 is 0. The Labute approximate surface area is 179 Å². The molecule has 2 N–H and O–H groups in total. The Balaban J connectivity index is 1.75. The Kier molecular flexibility index (Phi) is 6.99. The summed E-state index contributed by atoms with van der Waals surface area (Å²) < 4.78 is 6.36. The second kappa shape index (κ2) is 9.86. The van der Waals surface area contributed by atoms with Crippen molar-refractivity contribution >= 4 is 23.1 Å². The highest BCUT2D eigenvalue weighted by atomic mass is 16.5. The molecule has 2 amide bonds. The number of likely N-dealkylation sites (N-methyl/N-ethyl adjacent to an activating group) is 1. The molecule has 3 aromatic rings. The molecule has 1 aromatic carbocycles. The van der Waals surface area contributed by atoms with Crippen LogP contribution in [0.1, 0.15) is 15.9 Å². The minimum atomic E-state index is -0.462. The van der Waals surface area contributed by atoms with Crippen molar-refractivity contribution < 1.29 is 14.3 Å². The van der Waals surface area contributed by atoms with Crippen molar-refractivity contribution in [3.8, 4) is 5.75 Å². The minimum absolute atomic E-state index is 0.0428. The van der Waals surface area contributed by atoms with Gasteiger partial charge in [0.25, 0.3) is 11.5 Å². The lowest BCUT2D eigenvalue weighted by Crippen LogP contribution is -2.32. The van der Waals surface area contributed by atoms with E-state index in [1.54, 1.807) is 43.5 Å². The van der Waals surface area contributed by atoms with Gasteiger partial charge in [0.2, 0.25) is 5.91 Å². The van der Waals surface area contributed by atoms with Gasteiger partial charge in [-0.3, -0.25) is 18.8 Å². The highest BCUT2D eigenvalue weighted by Gasteiger charge is 2.12. The van der Waals surface area contributed by atoms with Crippen molar-refractivity contribution in [3.05, 3.63) is 70.3 Å². The van der Waals surface area contributed by atoms with Gasteiger partial charge < -0.3 is 20.3 Å². The van der Waals surface area contributed by atoms with E-state index < -0.39 is 5.56 Å². The Morgan fingerprint density at radius 2 is 1.87 bits per heavy atom. The monoisotopic (exact) mass is 423 g/mol. The Morgan fingerprint density at radius 1 is 1.13 bits per heavy atom. The molecule has 0 aliphatic rings. The molecular formula is C22H25N5O4. The van der Waals surface area contributed by atoms with E-state index in [1.807, 2.05) is 19.0 Å². The number of carbonyl (C=O) groups is 2. The van der Waals surface area contributed by atoms with E-state index in [2.05, 4.69) is 15.6 Å². The minimum Gasteiger partial charge on any atom is -0.497 e. The molecule has 3 rings (SSSR count). The van der Waals surface area contributed by atoms with Crippen LogP contribution in [0.15, 0.2) is 53.6 Å². The van der Waals surface area contributed by atoms with Gasteiger partial charge in [0, 0.05) is 19.3 Å². The normalized spacial score (nSPS) is 10.8. The van der Waals surface area contributed by atoms with Crippen LogP contribution in [0.2, 0.25) is 0 Å². The number of methoxy groups -OCH3 is 1. The van der Waals surface area contributed by atoms with Crippen molar-refractivity contribution in [3.63, 3.8) is 0 Å². The topological polar surface area (TPSA) is 105 Å². The lowest BCUT2D eigenvalue weighted by molar-refractivity contribution is -0.115.